The van der Waals surface area contributed by atoms with Crippen molar-refractivity contribution in [3.8, 4) is 11.5 Å². The van der Waals surface area contributed by atoms with Crippen molar-refractivity contribution in [2.75, 3.05) is 12.4 Å². The van der Waals surface area contributed by atoms with Crippen LogP contribution in [0.4, 0.5) is 5.69 Å². The number of aromatic carboxylic acids is 1. The lowest BCUT2D eigenvalue weighted by Crippen LogP contribution is -2.14. The number of hydrogen-bond acceptors (Lipinski definition) is 6. The van der Waals surface area contributed by atoms with Gasteiger partial charge in [-0.15, -0.1) is 0 Å². The van der Waals surface area contributed by atoms with Gasteiger partial charge in [0.05, 0.1) is 24.8 Å². The number of ether oxygens (including phenoxy) is 2. The van der Waals surface area contributed by atoms with Crippen molar-refractivity contribution in [1.29, 1.82) is 0 Å². The normalized spacial score (nSPS) is 14.1. The average molecular weight is 391 g/mol. The summed E-state index contributed by atoms with van der Waals surface area (Å²) in [6, 6.07) is 12.2. The first-order valence-corrected chi connectivity index (χ1v) is 9.33. The van der Waals surface area contributed by atoms with Crippen LogP contribution in [0.5, 0.6) is 11.5 Å². The van der Waals surface area contributed by atoms with Gasteiger partial charge in [0.1, 0.15) is 6.33 Å². The Kier molecular flexibility index (Phi) is 5.29. The van der Waals surface area contributed by atoms with Crippen molar-refractivity contribution < 1.29 is 19.4 Å². The summed E-state index contributed by atoms with van der Waals surface area (Å²) in [6.07, 6.45) is 7.27. The highest BCUT2D eigenvalue weighted by molar-refractivity contribution is 5.88. The lowest BCUT2D eigenvalue weighted by Gasteiger charge is -2.22. The SMILES string of the molecule is COc1ccc(C(Nc2cccc(C(=O)O)c2)c2cncnc2)cc1OC1CC1. The van der Waals surface area contributed by atoms with Crippen LogP contribution in [-0.4, -0.2) is 34.3 Å². The number of benzene rings is 2. The molecule has 1 aromatic heterocycles. The fraction of sp³-hybridized carbons (Fsp3) is 0.227. The Hall–Kier alpha value is -3.61. The van der Waals surface area contributed by atoms with E-state index in [-0.39, 0.29) is 17.7 Å². The summed E-state index contributed by atoms with van der Waals surface area (Å²) in [4.78, 5) is 19.6. The molecule has 0 aliphatic heterocycles. The first-order chi connectivity index (χ1) is 14.1. The molecule has 0 radical (unpaired) electrons. The Morgan fingerprint density at radius 1 is 1.10 bits per heavy atom. The minimum atomic E-state index is -0.974. The van der Waals surface area contributed by atoms with E-state index in [1.807, 2.05) is 24.3 Å². The van der Waals surface area contributed by atoms with Crippen LogP contribution < -0.4 is 14.8 Å². The maximum atomic E-state index is 11.3. The maximum Gasteiger partial charge on any atom is 0.335 e. The van der Waals surface area contributed by atoms with Gasteiger partial charge < -0.3 is 19.9 Å². The number of carboxylic acids is 1. The molecule has 0 bridgehead atoms. The molecule has 4 rings (SSSR count). The number of hydrogen-bond donors (Lipinski definition) is 2. The smallest absolute Gasteiger partial charge is 0.335 e. The van der Waals surface area contributed by atoms with Gasteiger partial charge in [0.2, 0.25) is 0 Å². The molecule has 1 unspecified atom stereocenters. The molecule has 1 aliphatic rings. The van der Waals surface area contributed by atoms with E-state index >= 15 is 0 Å². The second kappa shape index (κ2) is 8.18. The third-order valence-corrected chi connectivity index (χ3v) is 4.67. The van der Waals surface area contributed by atoms with E-state index in [1.165, 1.54) is 6.33 Å². The molecule has 1 saturated carbocycles. The van der Waals surface area contributed by atoms with Gasteiger partial charge in [0, 0.05) is 23.6 Å². The average Bonchev–Trinajstić information content (AvgIpc) is 3.57. The van der Waals surface area contributed by atoms with Crippen LogP contribution in [0.2, 0.25) is 0 Å². The summed E-state index contributed by atoms with van der Waals surface area (Å²) in [5, 5.41) is 12.7. The quantitative estimate of drug-likeness (QED) is 0.601. The second-order valence-corrected chi connectivity index (χ2v) is 6.86. The zero-order valence-electron chi connectivity index (χ0n) is 15.9. The van der Waals surface area contributed by atoms with Gasteiger partial charge in [-0.3, -0.25) is 0 Å². The van der Waals surface area contributed by atoms with Crippen LogP contribution in [0, 0.1) is 0 Å². The molecule has 1 heterocycles. The van der Waals surface area contributed by atoms with E-state index in [2.05, 4.69) is 15.3 Å². The lowest BCUT2D eigenvalue weighted by molar-refractivity contribution is 0.0697. The van der Waals surface area contributed by atoms with Crippen LogP contribution in [0.3, 0.4) is 0 Å². The standard InChI is InChI=1S/C22H21N3O4/c1-28-19-8-5-14(10-20(19)29-18-6-7-18)21(16-11-23-13-24-12-16)25-17-4-2-3-15(9-17)22(26)27/h2-5,8-13,18,21,25H,6-7H2,1H3,(H,26,27). The van der Waals surface area contributed by atoms with Gasteiger partial charge in [-0.2, -0.15) is 0 Å². The largest absolute Gasteiger partial charge is 0.493 e. The predicted octanol–water partition coefficient (Wildman–Crippen LogP) is 3.93. The fourth-order valence-corrected chi connectivity index (χ4v) is 3.06. The fourth-order valence-electron chi connectivity index (χ4n) is 3.06. The summed E-state index contributed by atoms with van der Waals surface area (Å²) in [6.45, 7) is 0. The number of aromatic nitrogens is 2. The molecule has 1 atom stereocenters. The van der Waals surface area contributed by atoms with Crippen LogP contribution >= 0.6 is 0 Å². The first-order valence-electron chi connectivity index (χ1n) is 9.33. The Labute approximate surface area is 168 Å². The molecule has 7 nitrogen and oxygen atoms in total. The Morgan fingerprint density at radius 3 is 2.59 bits per heavy atom. The van der Waals surface area contributed by atoms with Gasteiger partial charge >= 0.3 is 5.97 Å². The molecule has 3 aromatic rings. The molecule has 0 saturated heterocycles. The van der Waals surface area contributed by atoms with E-state index in [4.69, 9.17) is 9.47 Å². The Balaban J connectivity index is 1.71. The molecule has 7 heteroatoms. The summed E-state index contributed by atoms with van der Waals surface area (Å²) >= 11 is 0. The molecule has 0 spiro atoms. The summed E-state index contributed by atoms with van der Waals surface area (Å²) in [5.74, 6) is 0.393. The highest BCUT2D eigenvalue weighted by Gasteiger charge is 2.26. The van der Waals surface area contributed by atoms with Crippen LogP contribution in [-0.2, 0) is 0 Å². The van der Waals surface area contributed by atoms with Crippen LogP contribution in [0.25, 0.3) is 0 Å². The van der Waals surface area contributed by atoms with Gasteiger partial charge in [0.15, 0.2) is 11.5 Å². The monoisotopic (exact) mass is 391 g/mol. The van der Waals surface area contributed by atoms with Crippen molar-refractivity contribution in [3.05, 3.63) is 77.9 Å². The minimum absolute atomic E-state index is 0.213. The third-order valence-electron chi connectivity index (χ3n) is 4.67. The van der Waals surface area contributed by atoms with Crippen molar-refractivity contribution in [3.63, 3.8) is 0 Å². The summed E-state index contributed by atoms with van der Waals surface area (Å²) < 4.78 is 11.5. The minimum Gasteiger partial charge on any atom is -0.493 e. The summed E-state index contributed by atoms with van der Waals surface area (Å²) in [5.41, 5.74) is 2.66. The lowest BCUT2D eigenvalue weighted by atomic mass is 10.00. The van der Waals surface area contributed by atoms with Gasteiger partial charge in [0.25, 0.3) is 0 Å². The molecular formula is C22H21N3O4. The topological polar surface area (TPSA) is 93.6 Å². The molecule has 29 heavy (non-hydrogen) atoms. The maximum absolute atomic E-state index is 11.3. The van der Waals surface area contributed by atoms with Gasteiger partial charge in [-0.05, 0) is 48.7 Å². The van der Waals surface area contributed by atoms with E-state index in [9.17, 15) is 9.90 Å². The number of anilines is 1. The van der Waals surface area contributed by atoms with E-state index in [0.29, 0.717) is 17.2 Å². The molecule has 2 aromatic carbocycles. The molecule has 2 N–H and O–H groups in total. The molecule has 148 valence electrons. The zero-order chi connectivity index (χ0) is 20.2. The highest BCUT2D eigenvalue weighted by Crippen LogP contribution is 2.37. The molecule has 1 aliphatic carbocycles. The number of methoxy groups -OCH3 is 1. The number of nitrogens with one attached hydrogen (secondary N) is 1. The van der Waals surface area contributed by atoms with Crippen molar-refractivity contribution in [2.24, 2.45) is 0 Å². The number of rotatable bonds is 8. The second-order valence-electron chi connectivity index (χ2n) is 6.86. The van der Waals surface area contributed by atoms with E-state index in [0.717, 1.165) is 24.0 Å². The number of carboxylic acid groups (broad SMARTS) is 1. The molecule has 1 fully saturated rings. The van der Waals surface area contributed by atoms with E-state index < -0.39 is 5.97 Å². The highest BCUT2D eigenvalue weighted by atomic mass is 16.5. The van der Waals surface area contributed by atoms with Crippen molar-refractivity contribution in [1.82, 2.24) is 9.97 Å². The third kappa shape index (κ3) is 4.45. The number of nitrogens with zero attached hydrogens (tertiary/aromatic N) is 2. The van der Waals surface area contributed by atoms with E-state index in [1.54, 1.807) is 37.7 Å². The number of carbonyl (C=O) groups is 1. The van der Waals surface area contributed by atoms with Gasteiger partial charge in [-0.25, -0.2) is 14.8 Å². The Morgan fingerprint density at radius 2 is 1.90 bits per heavy atom. The Bertz CT molecular complexity index is 1010. The van der Waals surface area contributed by atoms with Crippen LogP contribution in [0.15, 0.2) is 61.2 Å². The summed E-state index contributed by atoms with van der Waals surface area (Å²) in [7, 11) is 1.62. The van der Waals surface area contributed by atoms with Crippen LogP contribution in [0.1, 0.15) is 40.4 Å². The first kappa shape index (κ1) is 18.7. The molecular weight excluding hydrogens is 370 g/mol. The predicted molar refractivity (Wildman–Crippen MR) is 108 cm³/mol. The van der Waals surface area contributed by atoms with Crippen molar-refractivity contribution in [2.45, 2.75) is 25.0 Å². The zero-order valence-corrected chi connectivity index (χ0v) is 15.9. The van der Waals surface area contributed by atoms with Gasteiger partial charge in [-0.1, -0.05) is 12.1 Å². The van der Waals surface area contributed by atoms with Crippen molar-refractivity contribution >= 4 is 11.7 Å². The molecule has 0 amide bonds.